The molecule has 4 atom stereocenters. The van der Waals surface area contributed by atoms with E-state index in [1.165, 1.54) is 0 Å². The van der Waals surface area contributed by atoms with Gasteiger partial charge in [0.25, 0.3) is 10.1 Å². The molecule has 1 aromatic heterocycles. The first kappa shape index (κ1) is 22.5. The van der Waals surface area contributed by atoms with Crippen LogP contribution in [0.1, 0.15) is 45.7 Å². The van der Waals surface area contributed by atoms with Crippen molar-refractivity contribution in [1.82, 2.24) is 4.98 Å². The molecule has 0 aliphatic heterocycles. The topological polar surface area (TPSA) is 131 Å². The molecular weight excluding hydrogens is 440 g/mol. The predicted octanol–water partition coefficient (Wildman–Crippen LogP) is 3.58. The van der Waals surface area contributed by atoms with Gasteiger partial charge < -0.3 is 10.8 Å². The number of rotatable bonds is 5. The number of aromatic nitrogens is 1. The highest BCUT2D eigenvalue weighted by Gasteiger charge is 2.70. The standard InChI is InChI=1S/C22H27ClN2O5S/c1-20(2)13-8-14(22(20,18(26)9-13)11-31(28,29)30)10-21(3,27)19-16(24)7-12-6-15(23)4-5-17(12)25-19/h4-7,13-14,27H,8-11,24H2,1-3H3,(H,28,29,30)/t13-,14?,21?,22?/m1/s1. The third-order valence-corrected chi connectivity index (χ3v) is 8.79. The molecule has 7 nitrogen and oxygen atoms in total. The third-order valence-electron chi connectivity index (χ3n) is 7.74. The van der Waals surface area contributed by atoms with Crippen molar-refractivity contribution < 1.29 is 22.9 Å². The molecule has 1 heterocycles. The van der Waals surface area contributed by atoms with E-state index in [1.807, 2.05) is 13.8 Å². The van der Waals surface area contributed by atoms with Crippen molar-refractivity contribution in [2.24, 2.45) is 22.7 Å². The number of pyridine rings is 1. The zero-order chi connectivity index (χ0) is 23.0. The number of anilines is 1. The van der Waals surface area contributed by atoms with Gasteiger partial charge in [0.1, 0.15) is 11.4 Å². The van der Waals surface area contributed by atoms with E-state index in [4.69, 9.17) is 17.3 Å². The molecule has 0 radical (unpaired) electrons. The SMILES string of the molecule is CC(O)(CC1C[C@@H]2CC(=O)C1(CS(=O)(=O)O)C2(C)C)c1nc2ccc(Cl)cc2cc1N. The van der Waals surface area contributed by atoms with Crippen LogP contribution in [0.5, 0.6) is 0 Å². The summed E-state index contributed by atoms with van der Waals surface area (Å²) in [6.45, 7) is 5.35. The number of Topliss-reactive ketones (excluding diaryl/α,β-unsaturated/α-hetero) is 1. The zero-order valence-electron chi connectivity index (χ0n) is 17.7. The summed E-state index contributed by atoms with van der Waals surface area (Å²) in [7, 11) is -4.40. The molecule has 4 N–H and O–H groups in total. The second-order valence-electron chi connectivity index (χ2n) is 9.92. The molecule has 2 fully saturated rings. The molecule has 9 heteroatoms. The highest BCUT2D eigenvalue weighted by Crippen LogP contribution is 2.68. The Labute approximate surface area is 186 Å². The van der Waals surface area contributed by atoms with Crippen LogP contribution in [-0.4, -0.2) is 34.6 Å². The van der Waals surface area contributed by atoms with E-state index in [1.54, 1.807) is 31.2 Å². The van der Waals surface area contributed by atoms with E-state index in [2.05, 4.69) is 4.98 Å². The van der Waals surface area contributed by atoms with Gasteiger partial charge in [-0.1, -0.05) is 25.4 Å². The summed E-state index contributed by atoms with van der Waals surface area (Å²) >= 11 is 6.04. The Balaban J connectivity index is 1.76. The minimum Gasteiger partial charge on any atom is -0.397 e. The number of benzene rings is 1. The van der Waals surface area contributed by atoms with Crippen LogP contribution >= 0.6 is 11.6 Å². The lowest BCUT2D eigenvalue weighted by atomic mass is 9.63. The Morgan fingerprint density at radius 1 is 1.32 bits per heavy atom. The van der Waals surface area contributed by atoms with Gasteiger partial charge in [-0.05, 0) is 61.3 Å². The number of nitrogen functional groups attached to an aromatic ring is 1. The Bertz CT molecular complexity index is 1190. The Morgan fingerprint density at radius 2 is 2.00 bits per heavy atom. The number of nitrogens with two attached hydrogens (primary N) is 1. The number of halogens is 1. The fourth-order valence-corrected chi connectivity index (χ4v) is 7.69. The van der Waals surface area contributed by atoms with Crippen molar-refractivity contribution in [1.29, 1.82) is 0 Å². The van der Waals surface area contributed by atoms with Crippen molar-refractivity contribution in [3.63, 3.8) is 0 Å². The first-order valence-electron chi connectivity index (χ1n) is 10.2. The fourth-order valence-electron chi connectivity index (χ4n) is 6.16. The second kappa shape index (κ2) is 6.88. The van der Waals surface area contributed by atoms with Crippen molar-refractivity contribution in [2.75, 3.05) is 11.5 Å². The predicted molar refractivity (Wildman–Crippen MR) is 119 cm³/mol. The number of hydrogen-bond acceptors (Lipinski definition) is 6. The number of ketones is 1. The summed E-state index contributed by atoms with van der Waals surface area (Å²) in [4.78, 5) is 17.6. The molecule has 0 saturated heterocycles. The molecule has 4 rings (SSSR count). The van der Waals surface area contributed by atoms with E-state index in [9.17, 15) is 22.9 Å². The maximum Gasteiger partial charge on any atom is 0.265 e. The Hall–Kier alpha value is -1.74. The molecule has 168 valence electrons. The van der Waals surface area contributed by atoms with Gasteiger partial charge >= 0.3 is 0 Å². The fraction of sp³-hybridized carbons (Fsp3) is 0.545. The van der Waals surface area contributed by atoms with Gasteiger partial charge in [0.05, 0.1) is 28.1 Å². The lowest BCUT2D eigenvalue weighted by Gasteiger charge is -2.42. The van der Waals surface area contributed by atoms with Gasteiger partial charge in [0, 0.05) is 16.8 Å². The van der Waals surface area contributed by atoms with Crippen molar-refractivity contribution in [3.8, 4) is 0 Å². The normalized spacial score (nSPS) is 29.4. The quantitative estimate of drug-likeness (QED) is 0.574. The monoisotopic (exact) mass is 466 g/mol. The highest BCUT2D eigenvalue weighted by molar-refractivity contribution is 7.85. The first-order valence-corrected chi connectivity index (χ1v) is 12.2. The van der Waals surface area contributed by atoms with Gasteiger partial charge in [-0.25, -0.2) is 4.98 Å². The summed E-state index contributed by atoms with van der Waals surface area (Å²) in [6.07, 6.45) is 0.982. The zero-order valence-corrected chi connectivity index (χ0v) is 19.3. The van der Waals surface area contributed by atoms with E-state index >= 15 is 0 Å². The minimum atomic E-state index is -4.40. The van der Waals surface area contributed by atoms with Gasteiger partial charge in [-0.3, -0.25) is 9.35 Å². The molecule has 0 spiro atoms. The number of carbonyl (C=O) groups is 1. The average Bonchev–Trinajstić information content (AvgIpc) is 2.91. The van der Waals surface area contributed by atoms with Crippen LogP contribution in [0.15, 0.2) is 24.3 Å². The number of nitrogens with zero attached hydrogens (tertiary/aromatic N) is 1. The molecule has 2 saturated carbocycles. The van der Waals surface area contributed by atoms with Crippen LogP contribution in [0.3, 0.4) is 0 Å². The summed E-state index contributed by atoms with van der Waals surface area (Å²) in [5.41, 5.74) is 4.03. The van der Waals surface area contributed by atoms with Crippen LogP contribution in [-0.2, 0) is 20.5 Å². The van der Waals surface area contributed by atoms with E-state index in [0.717, 1.165) is 5.39 Å². The van der Waals surface area contributed by atoms with Crippen LogP contribution in [0.4, 0.5) is 5.69 Å². The molecular formula is C22H27ClN2O5S. The van der Waals surface area contributed by atoms with Crippen LogP contribution in [0.25, 0.3) is 10.9 Å². The summed E-state index contributed by atoms with van der Waals surface area (Å²) in [5.74, 6) is -1.25. The molecule has 2 aromatic rings. The third kappa shape index (κ3) is 3.44. The number of carbonyl (C=O) groups excluding carboxylic acids is 1. The molecule has 2 bridgehead atoms. The molecule has 3 unspecified atom stereocenters. The van der Waals surface area contributed by atoms with E-state index in [0.29, 0.717) is 17.0 Å². The van der Waals surface area contributed by atoms with Gasteiger partial charge in [0.15, 0.2) is 0 Å². The summed E-state index contributed by atoms with van der Waals surface area (Å²) in [5, 5.41) is 12.7. The van der Waals surface area contributed by atoms with E-state index in [-0.39, 0.29) is 35.9 Å². The van der Waals surface area contributed by atoms with Gasteiger partial charge in [-0.2, -0.15) is 8.42 Å². The molecule has 2 aliphatic carbocycles. The number of hydrogen-bond donors (Lipinski definition) is 3. The van der Waals surface area contributed by atoms with E-state index < -0.39 is 38.2 Å². The summed E-state index contributed by atoms with van der Waals surface area (Å²) in [6, 6.07) is 6.86. The molecule has 31 heavy (non-hydrogen) atoms. The minimum absolute atomic E-state index is 0.00778. The highest BCUT2D eigenvalue weighted by atomic mass is 35.5. The average molecular weight is 467 g/mol. The second-order valence-corrected chi connectivity index (χ2v) is 11.8. The largest absolute Gasteiger partial charge is 0.397 e. The number of aliphatic hydroxyl groups is 1. The smallest absolute Gasteiger partial charge is 0.265 e. The first-order chi connectivity index (χ1) is 14.2. The van der Waals surface area contributed by atoms with Crippen molar-refractivity contribution in [3.05, 3.63) is 35.0 Å². The van der Waals surface area contributed by atoms with Gasteiger partial charge in [0.2, 0.25) is 0 Å². The van der Waals surface area contributed by atoms with Gasteiger partial charge in [-0.15, -0.1) is 0 Å². The van der Waals surface area contributed by atoms with Crippen molar-refractivity contribution in [2.45, 2.75) is 45.6 Å². The van der Waals surface area contributed by atoms with Crippen molar-refractivity contribution >= 4 is 44.1 Å². The van der Waals surface area contributed by atoms with Crippen LogP contribution in [0, 0.1) is 22.7 Å². The number of fused-ring (bicyclic) bond motifs is 3. The summed E-state index contributed by atoms with van der Waals surface area (Å²) < 4.78 is 33.5. The lowest BCUT2D eigenvalue weighted by molar-refractivity contribution is -0.133. The lowest BCUT2D eigenvalue weighted by Crippen LogP contribution is -2.48. The van der Waals surface area contributed by atoms with Crippen LogP contribution < -0.4 is 5.73 Å². The van der Waals surface area contributed by atoms with Crippen LogP contribution in [0.2, 0.25) is 5.02 Å². The maximum atomic E-state index is 13.0. The maximum absolute atomic E-state index is 13.0. The Kier molecular flexibility index (Phi) is 4.98. The Morgan fingerprint density at radius 3 is 2.61 bits per heavy atom. The molecule has 2 aliphatic rings. The molecule has 1 aromatic carbocycles. The molecule has 0 amide bonds.